The van der Waals surface area contributed by atoms with Gasteiger partial charge in [-0.15, -0.1) is 0 Å². The molecule has 16 heavy (non-hydrogen) atoms. The summed E-state index contributed by atoms with van der Waals surface area (Å²) in [6.45, 7) is 1.57. The first-order valence-corrected chi connectivity index (χ1v) is 6.21. The third-order valence-corrected chi connectivity index (χ3v) is 3.21. The minimum atomic E-state index is -0.380. The van der Waals surface area contributed by atoms with Crippen LogP contribution in [0.25, 0.3) is 0 Å². The third kappa shape index (κ3) is 2.61. The quantitative estimate of drug-likeness (QED) is 0.776. The van der Waals surface area contributed by atoms with E-state index in [1.165, 1.54) is 18.6 Å². The molecule has 86 valence electrons. The molecule has 0 unspecified atom stereocenters. The number of hydrogen-bond donors (Lipinski definition) is 0. The Labute approximate surface area is 103 Å². The maximum absolute atomic E-state index is 13.2. The van der Waals surface area contributed by atoms with E-state index < -0.39 is 0 Å². The lowest BCUT2D eigenvalue weighted by molar-refractivity contribution is 0.0724. The maximum atomic E-state index is 13.2. The molecule has 4 heteroatoms. The second-order valence-corrected chi connectivity index (χ2v) is 4.93. The first kappa shape index (κ1) is 11.6. The zero-order chi connectivity index (χ0) is 11.5. The van der Waals surface area contributed by atoms with Gasteiger partial charge in [-0.1, -0.05) is 15.9 Å². The Kier molecular flexibility index (Phi) is 3.59. The summed E-state index contributed by atoms with van der Waals surface area (Å²) < 4.78 is 13.8. The highest BCUT2D eigenvalue weighted by molar-refractivity contribution is 9.10. The van der Waals surface area contributed by atoms with E-state index in [0.717, 1.165) is 25.9 Å². The van der Waals surface area contributed by atoms with Crippen LogP contribution in [0.5, 0.6) is 0 Å². The molecule has 0 bridgehead atoms. The van der Waals surface area contributed by atoms with Gasteiger partial charge in [0.25, 0.3) is 5.91 Å². The second-order valence-electron chi connectivity index (χ2n) is 4.01. The van der Waals surface area contributed by atoms with E-state index in [9.17, 15) is 9.18 Å². The van der Waals surface area contributed by atoms with Gasteiger partial charge in [-0.3, -0.25) is 4.79 Å². The van der Waals surface area contributed by atoms with Gasteiger partial charge in [-0.05, 0) is 37.5 Å². The Morgan fingerprint density at radius 1 is 1.19 bits per heavy atom. The minimum absolute atomic E-state index is 0.0695. The second kappa shape index (κ2) is 4.95. The number of benzene rings is 1. The van der Waals surface area contributed by atoms with Crippen molar-refractivity contribution in [2.45, 2.75) is 19.3 Å². The van der Waals surface area contributed by atoms with Crippen LogP contribution in [-0.4, -0.2) is 23.9 Å². The van der Waals surface area contributed by atoms with Gasteiger partial charge in [0.2, 0.25) is 0 Å². The van der Waals surface area contributed by atoms with Gasteiger partial charge in [0, 0.05) is 23.1 Å². The van der Waals surface area contributed by atoms with Crippen LogP contribution in [0, 0.1) is 5.82 Å². The van der Waals surface area contributed by atoms with Crippen molar-refractivity contribution in [3.05, 3.63) is 34.1 Å². The summed E-state index contributed by atoms with van der Waals surface area (Å²) in [5.41, 5.74) is 0.425. The molecule has 0 aliphatic carbocycles. The average Bonchev–Trinajstić information content (AvgIpc) is 2.28. The number of carbonyl (C=O) groups excluding carboxylic acids is 1. The van der Waals surface area contributed by atoms with Gasteiger partial charge in [-0.2, -0.15) is 0 Å². The van der Waals surface area contributed by atoms with Gasteiger partial charge in [0.1, 0.15) is 5.82 Å². The SMILES string of the molecule is O=C(c1cc(F)cc(Br)c1)N1CCCCC1. The number of amides is 1. The molecular weight excluding hydrogens is 273 g/mol. The normalized spacial score (nSPS) is 16.2. The van der Waals surface area contributed by atoms with Crippen LogP contribution in [0.15, 0.2) is 22.7 Å². The highest BCUT2D eigenvalue weighted by Gasteiger charge is 2.18. The Morgan fingerprint density at radius 3 is 2.50 bits per heavy atom. The van der Waals surface area contributed by atoms with Gasteiger partial charge >= 0.3 is 0 Å². The molecule has 1 heterocycles. The molecule has 1 fully saturated rings. The summed E-state index contributed by atoms with van der Waals surface area (Å²) in [5, 5.41) is 0. The zero-order valence-corrected chi connectivity index (χ0v) is 10.5. The lowest BCUT2D eigenvalue weighted by Crippen LogP contribution is -2.35. The van der Waals surface area contributed by atoms with Crippen LogP contribution in [-0.2, 0) is 0 Å². The molecule has 0 N–H and O–H groups in total. The molecule has 0 aromatic heterocycles. The van der Waals surface area contributed by atoms with Crippen molar-refractivity contribution in [2.75, 3.05) is 13.1 Å². The standard InChI is InChI=1S/C12H13BrFNO/c13-10-6-9(7-11(14)8-10)12(16)15-4-2-1-3-5-15/h6-8H,1-5H2. The van der Waals surface area contributed by atoms with Gasteiger partial charge in [0.05, 0.1) is 0 Å². The first-order valence-electron chi connectivity index (χ1n) is 5.42. The van der Waals surface area contributed by atoms with Crippen molar-refractivity contribution in [3.63, 3.8) is 0 Å². The molecular formula is C12H13BrFNO. The highest BCUT2D eigenvalue weighted by atomic mass is 79.9. The Bertz CT molecular complexity index is 382. The van der Waals surface area contributed by atoms with Crippen molar-refractivity contribution in [2.24, 2.45) is 0 Å². The topological polar surface area (TPSA) is 20.3 Å². The highest BCUT2D eigenvalue weighted by Crippen LogP contribution is 2.18. The molecule has 1 aromatic carbocycles. The third-order valence-electron chi connectivity index (χ3n) is 2.75. The summed E-state index contributed by atoms with van der Waals surface area (Å²) in [7, 11) is 0. The largest absolute Gasteiger partial charge is 0.339 e. The molecule has 2 rings (SSSR count). The van der Waals surface area contributed by atoms with E-state index in [4.69, 9.17) is 0 Å². The van der Waals surface area contributed by atoms with Crippen molar-refractivity contribution < 1.29 is 9.18 Å². The average molecular weight is 286 g/mol. The molecule has 1 saturated heterocycles. The predicted molar refractivity (Wildman–Crippen MR) is 63.9 cm³/mol. The van der Waals surface area contributed by atoms with E-state index in [2.05, 4.69) is 15.9 Å². The summed E-state index contributed by atoms with van der Waals surface area (Å²) in [6, 6.07) is 4.31. The number of nitrogens with zero attached hydrogens (tertiary/aromatic N) is 1. The van der Waals surface area contributed by atoms with Gasteiger partial charge in [-0.25, -0.2) is 4.39 Å². The summed E-state index contributed by atoms with van der Waals surface area (Å²) in [5.74, 6) is -0.449. The van der Waals surface area contributed by atoms with E-state index in [0.29, 0.717) is 10.0 Å². The first-order chi connectivity index (χ1) is 7.66. The molecule has 1 aliphatic heterocycles. The fraction of sp³-hybridized carbons (Fsp3) is 0.417. The van der Waals surface area contributed by atoms with Crippen LogP contribution in [0.1, 0.15) is 29.6 Å². The maximum Gasteiger partial charge on any atom is 0.253 e. The summed E-state index contributed by atoms with van der Waals surface area (Å²) in [6.07, 6.45) is 3.26. The number of hydrogen-bond acceptors (Lipinski definition) is 1. The summed E-state index contributed by atoms with van der Waals surface area (Å²) >= 11 is 3.19. The molecule has 1 aromatic rings. The van der Waals surface area contributed by atoms with Crippen LogP contribution >= 0.6 is 15.9 Å². The monoisotopic (exact) mass is 285 g/mol. The fourth-order valence-corrected chi connectivity index (χ4v) is 2.42. The number of piperidine rings is 1. The van der Waals surface area contributed by atoms with E-state index in [1.807, 2.05) is 0 Å². The Balaban J connectivity index is 2.19. The fourth-order valence-electron chi connectivity index (χ4n) is 1.96. The molecule has 0 radical (unpaired) electrons. The van der Waals surface area contributed by atoms with Crippen LogP contribution in [0.4, 0.5) is 4.39 Å². The number of halogens is 2. The number of likely N-dealkylation sites (tertiary alicyclic amines) is 1. The van der Waals surface area contributed by atoms with Crippen molar-refractivity contribution in [3.8, 4) is 0 Å². The van der Waals surface area contributed by atoms with E-state index in [1.54, 1.807) is 11.0 Å². The molecule has 0 saturated carbocycles. The lowest BCUT2D eigenvalue weighted by atomic mass is 10.1. The Hall–Kier alpha value is -0.900. The van der Waals surface area contributed by atoms with Gasteiger partial charge < -0.3 is 4.90 Å². The van der Waals surface area contributed by atoms with Crippen molar-refractivity contribution in [1.29, 1.82) is 0 Å². The smallest absolute Gasteiger partial charge is 0.253 e. The Morgan fingerprint density at radius 2 is 1.88 bits per heavy atom. The van der Waals surface area contributed by atoms with E-state index >= 15 is 0 Å². The number of carbonyl (C=O) groups is 1. The minimum Gasteiger partial charge on any atom is -0.339 e. The molecule has 0 atom stereocenters. The van der Waals surface area contributed by atoms with Gasteiger partial charge in [0.15, 0.2) is 0 Å². The lowest BCUT2D eigenvalue weighted by Gasteiger charge is -2.26. The predicted octanol–water partition coefficient (Wildman–Crippen LogP) is 3.21. The van der Waals surface area contributed by atoms with Crippen LogP contribution in [0.2, 0.25) is 0 Å². The van der Waals surface area contributed by atoms with E-state index in [-0.39, 0.29) is 11.7 Å². The zero-order valence-electron chi connectivity index (χ0n) is 8.88. The van der Waals surface area contributed by atoms with Crippen molar-refractivity contribution in [1.82, 2.24) is 4.90 Å². The molecule has 2 nitrogen and oxygen atoms in total. The molecule has 1 aliphatic rings. The van der Waals surface area contributed by atoms with Crippen LogP contribution < -0.4 is 0 Å². The van der Waals surface area contributed by atoms with Crippen LogP contribution in [0.3, 0.4) is 0 Å². The number of rotatable bonds is 1. The van der Waals surface area contributed by atoms with Crippen molar-refractivity contribution >= 4 is 21.8 Å². The molecule has 1 amide bonds. The summed E-state index contributed by atoms with van der Waals surface area (Å²) in [4.78, 5) is 13.8. The molecule has 0 spiro atoms.